The molecule has 0 aliphatic rings. The SMILES string of the molecule is CC(C)c1nn(-c2ccccc2)cc1CNC(=O)c1ccccc1-n1cnnn1. The van der Waals surface area contributed by atoms with Crippen LogP contribution >= 0.6 is 0 Å². The Balaban J connectivity index is 1.57. The molecule has 0 spiro atoms. The van der Waals surface area contributed by atoms with Crippen LogP contribution in [0, 0.1) is 0 Å². The van der Waals surface area contributed by atoms with Crippen LogP contribution in [0.25, 0.3) is 11.4 Å². The minimum atomic E-state index is -0.196. The van der Waals surface area contributed by atoms with Gasteiger partial charge in [-0.05, 0) is 40.6 Å². The molecule has 0 fully saturated rings. The topological polar surface area (TPSA) is 90.5 Å². The molecule has 2 heterocycles. The lowest BCUT2D eigenvalue weighted by molar-refractivity contribution is 0.0950. The zero-order valence-corrected chi connectivity index (χ0v) is 16.2. The maximum absolute atomic E-state index is 12.9. The fourth-order valence-electron chi connectivity index (χ4n) is 3.17. The zero-order valence-electron chi connectivity index (χ0n) is 16.2. The van der Waals surface area contributed by atoms with Gasteiger partial charge < -0.3 is 5.32 Å². The summed E-state index contributed by atoms with van der Waals surface area (Å²) in [6.07, 6.45) is 3.44. The normalized spacial score (nSPS) is 11.0. The number of benzene rings is 2. The molecule has 2 aromatic heterocycles. The monoisotopic (exact) mass is 387 g/mol. The van der Waals surface area contributed by atoms with Gasteiger partial charge in [-0.25, -0.2) is 4.68 Å². The third kappa shape index (κ3) is 3.91. The van der Waals surface area contributed by atoms with Crippen molar-refractivity contribution in [2.24, 2.45) is 0 Å². The Morgan fingerprint density at radius 3 is 2.52 bits per heavy atom. The summed E-state index contributed by atoms with van der Waals surface area (Å²) in [6.45, 7) is 4.56. The molecule has 0 atom stereocenters. The molecular formula is C21H21N7O. The van der Waals surface area contributed by atoms with Gasteiger partial charge in [0, 0.05) is 18.3 Å². The standard InChI is InChI=1S/C21H21N7O/c1-15(2)20-16(13-27(24-20)17-8-4-3-5-9-17)12-22-21(29)18-10-6-7-11-19(18)28-14-23-25-26-28/h3-11,13-15H,12H2,1-2H3,(H,22,29). The minimum Gasteiger partial charge on any atom is -0.348 e. The van der Waals surface area contributed by atoms with Crippen molar-refractivity contribution in [2.45, 2.75) is 26.3 Å². The van der Waals surface area contributed by atoms with Crippen molar-refractivity contribution in [3.05, 3.63) is 83.9 Å². The first-order valence-electron chi connectivity index (χ1n) is 9.38. The number of hydrogen-bond acceptors (Lipinski definition) is 5. The van der Waals surface area contributed by atoms with E-state index in [4.69, 9.17) is 5.10 Å². The number of carbonyl (C=O) groups is 1. The molecule has 0 bridgehead atoms. The number of carbonyl (C=O) groups excluding carboxylic acids is 1. The Kier molecular flexibility index (Phi) is 5.15. The number of para-hydroxylation sites is 2. The highest BCUT2D eigenvalue weighted by Crippen LogP contribution is 2.20. The van der Waals surface area contributed by atoms with E-state index >= 15 is 0 Å². The van der Waals surface area contributed by atoms with Gasteiger partial charge in [0.25, 0.3) is 5.91 Å². The molecule has 1 N–H and O–H groups in total. The maximum atomic E-state index is 12.9. The predicted molar refractivity (Wildman–Crippen MR) is 108 cm³/mol. The molecule has 0 saturated carbocycles. The van der Waals surface area contributed by atoms with Crippen molar-refractivity contribution in [1.29, 1.82) is 0 Å². The summed E-state index contributed by atoms with van der Waals surface area (Å²) < 4.78 is 3.33. The number of hydrogen-bond donors (Lipinski definition) is 1. The first-order valence-corrected chi connectivity index (χ1v) is 9.38. The summed E-state index contributed by atoms with van der Waals surface area (Å²) in [7, 11) is 0. The van der Waals surface area contributed by atoms with E-state index in [1.165, 1.54) is 11.0 Å². The Bertz CT molecular complexity index is 1100. The van der Waals surface area contributed by atoms with Crippen molar-refractivity contribution in [3.63, 3.8) is 0 Å². The summed E-state index contributed by atoms with van der Waals surface area (Å²) in [5.74, 6) is 0.0404. The van der Waals surface area contributed by atoms with Gasteiger partial charge in [-0.15, -0.1) is 5.10 Å². The summed E-state index contributed by atoms with van der Waals surface area (Å²) in [5, 5.41) is 18.9. The number of nitrogens with one attached hydrogen (secondary N) is 1. The molecule has 2 aromatic carbocycles. The van der Waals surface area contributed by atoms with Crippen LogP contribution in [0.4, 0.5) is 0 Å². The number of amides is 1. The van der Waals surface area contributed by atoms with Crippen LogP contribution in [0.15, 0.2) is 67.1 Å². The molecule has 29 heavy (non-hydrogen) atoms. The molecule has 4 aromatic rings. The van der Waals surface area contributed by atoms with E-state index in [9.17, 15) is 4.79 Å². The average molecular weight is 387 g/mol. The van der Waals surface area contributed by atoms with E-state index in [2.05, 4.69) is 34.7 Å². The summed E-state index contributed by atoms with van der Waals surface area (Å²) in [6, 6.07) is 17.1. The fourth-order valence-corrected chi connectivity index (χ4v) is 3.17. The number of nitrogens with zero attached hydrogens (tertiary/aromatic N) is 6. The highest BCUT2D eigenvalue weighted by Gasteiger charge is 2.17. The Morgan fingerprint density at radius 2 is 1.79 bits per heavy atom. The molecule has 0 unspecified atom stereocenters. The fraction of sp³-hybridized carbons (Fsp3) is 0.190. The molecular weight excluding hydrogens is 366 g/mol. The zero-order chi connectivity index (χ0) is 20.2. The van der Waals surface area contributed by atoms with E-state index < -0.39 is 0 Å². The highest BCUT2D eigenvalue weighted by molar-refractivity contribution is 5.97. The molecule has 146 valence electrons. The van der Waals surface area contributed by atoms with Crippen LogP contribution in [0.3, 0.4) is 0 Å². The van der Waals surface area contributed by atoms with Crippen molar-refractivity contribution in [1.82, 2.24) is 35.3 Å². The van der Waals surface area contributed by atoms with E-state index in [0.29, 0.717) is 17.8 Å². The van der Waals surface area contributed by atoms with Crippen molar-refractivity contribution >= 4 is 5.91 Å². The lowest BCUT2D eigenvalue weighted by atomic mass is 10.1. The van der Waals surface area contributed by atoms with Gasteiger partial charge in [-0.1, -0.05) is 44.2 Å². The molecule has 4 rings (SSSR count). The summed E-state index contributed by atoms with van der Waals surface area (Å²) in [4.78, 5) is 12.9. The molecule has 0 aliphatic carbocycles. The third-order valence-corrected chi connectivity index (χ3v) is 4.57. The first kappa shape index (κ1) is 18.5. The van der Waals surface area contributed by atoms with Gasteiger partial charge in [-0.3, -0.25) is 4.79 Å². The van der Waals surface area contributed by atoms with Crippen LogP contribution < -0.4 is 5.32 Å². The van der Waals surface area contributed by atoms with Gasteiger partial charge in [0.05, 0.1) is 22.6 Å². The smallest absolute Gasteiger partial charge is 0.253 e. The maximum Gasteiger partial charge on any atom is 0.253 e. The number of tetrazole rings is 1. The van der Waals surface area contributed by atoms with Crippen LogP contribution in [0.5, 0.6) is 0 Å². The van der Waals surface area contributed by atoms with E-state index in [0.717, 1.165) is 16.9 Å². The molecule has 0 radical (unpaired) electrons. The largest absolute Gasteiger partial charge is 0.348 e. The number of rotatable bonds is 6. The van der Waals surface area contributed by atoms with E-state index in [1.807, 2.05) is 53.3 Å². The third-order valence-electron chi connectivity index (χ3n) is 4.57. The second-order valence-corrected chi connectivity index (χ2v) is 6.93. The van der Waals surface area contributed by atoms with Crippen molar-refractivity contribution < 1.29 is 4.79 Å². The lowest BCUT2D eigenvalue weighted by Crippen LogP contribution is -2.24. The minimum absolute atomic E-state index is 0.196. The Morgan fingerprint density at radius 1 is 1.03 bits per heavy atom. The Labute approximate surface area is 168 Å². The van der Waals surface area contributed by atoms with Gasteiger partial charge >= 0.3 is 0 Å². The second kappa shape index (κ2) is 8.05. The molecule has 0 saturated heterocycles. The van der Waals surface area contributed by atoms with Crippen LogP contribution in [0.2, 0.25) is 0 Å². The highest BCUT2D eigenvalue weighted by atomic mass is 16.1. The quantitative estimate of drug-likeness (QED) is 0.549. The molecule has 1 amide bonds. The van der Waals surface area contributed by atoms with E-state index in [-0.39, 0.29) is 11.8 Å². The van der Waals surface area contributed by atoms with Crippen molar-refractivity contribution in [2.75, 3.05) is 0 Å². The Hall–Kier alpha value is -3.81. The van der Waals surface area contributed by atoms with Crippen LogP contribution in [0.1, 0.15) is 41.4 Å². The van der Waals surface area contributed by atoms with E-state index in [1.54, 1.807) is 12.1 Å². The van der Waals surface area contributed by atoms with Gasteiger partial charge in [0.15, 0.2) is 0 Å². The molecule has 8 heteroatoms. The van der Waals surface area contributed by atoms with Gasteiger partial charge in [-0.2, -0.15) is 9.78 Å². The lowest BCUT2D eigenvalue weighted by Gasteiger charge is -2.10. The van der Waals surface area contributed by atoms with Gasteiger partial charge in [0.1, 0.15) is 6.33 Å². The van der Waals surface area contributed by atoms with Crippen LogP contribution in [-0.2, 0) is 6.54 Å². The second-order valence-electron chi connectivity index (χ2n) is 6.93. The molecule has 0 aliphatic heterocycles. The first-order chi connectivity index (χ1) is 14.1. The van der Waals surface area contributed by atoms with Gasteiger partial charge in [0.2, 0.25) is 0 Å². The summed E-state index contributed by atoms with van der Waals surface area (Å²) in [5.41, 5.74) is 4.05. The molecule has 8 nitrogen and oxygen atoms in total. The number of aromatic nitrogens is 6. The summed E-state index contributed by atoms with van der Waals surface area (Å²) >= 11 is 0. The predicted octanol–water partition coefficient (Wildman–Crippen LogP) is 2.90. The average Bonchev–Trinajstić information content (AvgIpc) is 3.43. The van der Waals surface area contributed by atoms with Crippen LogP contribution in [-0.4, -0.2) is 35.9 Å². The van der Waals surface area contributed by atoms with Crippen molar-refractivity contribution in [3.8, 4) is 11.4 Å².